The SMILES string of the molecule is OCC1(Nc2cccc(Cl)c2)CCCOCC1. The van der Waals surface area contributed by atoms with Gasteiger partial charge in [0.1, 0.15) is 0 Å². The van der Waals surface area contributed by atoms with Crippen LogP contribution in [0.15, 0.2) is 24.3 Å². The Kier molecular flexibility index (Phi) is 4.26. The van der Waals surface area contributed by atoms with Crippen molar-refractivity contribution in [3.63, 3.8) is 0 Å². The van der Waals surface area contributed by atoms with Gasteiger partial charge in [-0.1, -0.05) is 17.7 Å². The van der Waals surface area contributed by atoms with Gasteiger partial charge in [0, 0.05) is 23.9 Å². The van der Waals surface area contributed by atoms with Crippen LogP contribution >= 0.6 is 11.6 Å². The molecular weight excluding hydrogens is 238 g/mol. The minimum absolute atomic E-state index is 0.114. The zero-order valence-corrected chi connectivity index (χ0v) is 10.5. The number of benzene rings is 1. The van der Waals surface area contributed by atoms with Gasteiger partial charge in [0.25, 0.3) is 0 Å². The van der Waals surface area contributed by atoms with Gasteiger partial charge in [0.15, 0.2) is 0 Å². The molecule has 4 heteroatoms. The normalized spacial score (nSPS) is 25.3. The van der Waals surface area contributed by atoms with Gasteiger partial charge in [-0.15, -0.1) is 0 Å². The second-order valence-electron chi connectivity index (χ2n) is 4.54. The van der Waals surface area contributed by atoms with E-state index in [4.69, 9.17) is 16.3 Å². The minimum Gasteiger partial charge on any atom is -0.394 e. The summed E-state index contributed by atoms with van der Waals surface area (Å²) in [6.07, 6.45) is 2.69. The molecule has 0 amide bonds. The number of ether oxygens (including phenoxy) is 1. The fraction of sp³-hybridized carbons (Fsp3) is 0.538. The molecule has 3 nitrogen and oxygen atoms in total. The van der Waals surface area contributed by atoms with Crippen molar-refractivity contribution in [2.45, 2.75) is 24.8 Å². The largest absolute Gasteiger partial charge is 0.394 e. The van der Waals surface area contributed by atoms with Gasteiger partial charge >= 0.3 is 0 Å². The van der Waals surface area contributed by atoms with Crippen LogP contribution in [0.3, 0.4) is 0 Å². The summed E-state index contributed by atoms with van der Waals surface area (Å²) in [5.41, 5.74) is 0.676. The third-order valence-corrected chi connectivity index (χ3v) is 3.44. The molecule has 94 valence electrons. The number of nitrogens with one attached hydrogen (secondary N) is 1. The maximum Gasteiger partial charge on any atom is 0.0662 e. The highest BCUT2D eigenvalue weighted by Crippen LogP contribution is 2.27. The molecule has 1 aromatic carbocycles. The molecule has 1 heterocycles. The molecular formula is C13H18ClNO2. The van der Waals surface area contributed by atoms with E-state index in [9.17, 15) is 5.11 Å². The van der Waals surface area contributed by atoms with Crippen molar-refractivity contribution >= 4 is 17.3 Å². The van der Waals surface area contributed by atoms with Crippen molar-refractivity contribution in [3.05, 3.63) is 29.3 Å². The Morgan fingerprint density at radius 1 is 1.35 bits per heavy atom. The molecule has 2 rings (SSSR count). The van der Waals surface area contributed by atoms with Crippen LogP contribution in [-0.4, -0.2) is 30.5 Å². The third kappa shape index (κ3) is 3.35. The second kappa shape index (κ2) is 5.71. The Morgan fingerprint density at radius 2 is 2.24 bits per heavy atom. The zero-order chi connectivity index (χ0) is 12.1. The van der Waals surface area contributed by atoms with Crippen LogP contribution in [0.5, 0.6) is 0 Å². The maximum absolute atomic E-state index is 9.65. The topological polar surface area (TPSA) is 41.5 Å². The van der Waals surface area contributed by atoms with Crippen LogP contribution in [0.25, 0.3) is 0 Å². The number of hydrogen-bond acceptors (Lipinski definition) is 3. The monoisotopic (exact) mass is 255 g/mol. The predicted molar refractivity (Wildman–Crippen MR) is 69.6 cm³/mol. The average molecular weight is 256 g/mol. The van der Waals surface area contributed by atoms with Gasteiger partial charge in [0.05, 0.1) is 12.1 Å². The Balaban J connectivity index is 2.12. The molecule has 1 unspecified atom stereocenters. The van der Waals surface area contributed by atoms with Gasteiger partial charge in [-0.05, 0) is 37.5 Å². The minimum atomic E-state index is -0.277. The molecule has 1 atom stereocenters. The fourth-order valence-corrected chi connectivity index (χ4v) is 2.39. The van der Waals surface area contributed by atoms with Crippen LogP contribution in [-0.2, 0) is 4.74 Å². The Bertz CT molecular complexity index is 362. The van der Waals surface area contributed by atoms with Crippen molar-refractivity contribution in [2.75, 3.05) is 25.1 Å². The van der Waals surface area contributed by atoms with Crippen LogP contribution < -0.4 is 5.32 Å². The van der Waals surface area contributed by atoms with Crippen molar-refractivity contribution in [3.8, 4) is 0 Å². The van der Waals surface area contributed by atoms with E-state index < -0.39 is 0 Å². The summed E-state index contributed by atoms with van der Waals surface area (Å²) >= 11 is 5.96. The first-order valence-electron chi connectivity index (χ1n) is 5.96. The summed E-state index contributed by atoms with van der Waals surface area (Å²) in [6.45, 7) is 1.58. The van der Waals surface area contributed by atoms with E-state index in [1.54, 1.807) is 0 Å². The number of rotatable bonds is 3. The molecule has 17 heavy (non-hydrogen) atoms. The Morgan fingerprint density at radius 3 is 3.00 bits per heavy atom. The van der Waals surface area contributed by atoms with Gasteiger partial charge < -0.3 is 15.2 Å². The van der Waals surface area contributed by atoms with Gasteiger partial charge in [0.2, 0.25) is 0 Å². The van der Waals surface area contributed by atoms with E-state index in [1.807, 2.05) is 24.3 Å². The standard InChI is InChI=1S/C13H18ClNO2/c14-11-3-1-4-12(9-11)15-13(10-16)5-2-7-17-8-6-13/h1,3-4,9,15-16H,2,5-8,10H2. The summed E-state index contributed by atoms with van der Waals surface area (Å²) in [4.78, 5) is 0. The summed E-state index contributed by atoms with van der Waals surface area (Å²) in [7, 11) is 0. The van der Waals surface area contributed by atoms with Crippen LogP contribution in [0.4, 0.5) is 5.69 Å². The first kappa shape index (κ1) is 12.7. The second-order valence-corrected chi connectivity index (χ2v) is 4.98. The molecule has 0 bridgehead atoms. The first-order valence-corrected chi connectivity index (χ1v) is 6.34. The Hall–Kier alpha value is -0.770. The smallest absolute Gasteiger partial charge is 0.0662 e. The highest BCUT2D eigenvalue weighted by molar-refractivity contribution is 6.30. The number of hydrogen-bond donors (Lipinski definition) is 2. The number of anilines is 1. The van der Waals surface area contributed by atoms with Crippen LogP contribution in [0.1, 0.15) is 19.3 Å². The highest BCUT2D eigenvalue weighted by Gasteiger charge is 2.30. The zero-order valence-electron chi connectivity index (χ0n) is 9.79. The summed E-state index contributed by atoms with van der Waals surface area (Å²) in [5.74, 6) is 0. The van der Waals surface area contributed by atoms with E-state index in [0.717, 1.165) is 31.6 Å². The molecule has 0 aromatic heterocycles. The van der Waals surface area contributed by atoms with Crippen LogP contribution in [0.2, 0.25) is 5.02 Å². The van der Waals surface area contributed by atoms with Gasteiger partial charge in [-0.25, -0.2) is 0 Å². The molecule has 1 aliphatic rings. The molecule has 0 saturated carbocycles. The third-order valence-electron chi connectivity index (χ3n) is 3.21. The van der Waals surface area contributed by atoms with E-state index in [0.29, 0.717) is 11.6 Å². The number of aliphatic hydroxyl groups is 1. The maximum atomic E-state index is 9.65. The lowest BCUT2D eigenvalue weighted by Gasteiger charge is -2.32. The van der Waals surface area contributed by atoms with E-state index in [2.05, 4.69) is 5.32 Å². The lowest BCUT2D eigenvalue weighted by atomic mass is 9.91. The van der Waals surface area contributed by atoms with Crippen molar-refractivity contribution < 1.29 is 9.84 Å². The molecule has 1 aromatic rings. The van der Waals surface area contributed by atoms with Crippen molar-refractivity contribution in [1.29, 1.82) is 0 Å². The summed E-state index contributed by atoms with van der Waals surface area (Å²) in [6, 6.07) is 7.59. The molecule has 0 radical (unpaired) electrons. The molecule has 1 fully saturated rings. The Labute approximate surface area is 107 Å². The molecule has 1 aliphatic heterocycles. The first-order chi connectivity index (χ1) is 8.24. The highest BCUT2D eigenvalue weighted by atomic mass is 35.5. The van der Waals surface area contributed by atoms with Gasteiger partial charge in [-0.2, -0.15) is 0 Å². The van der Waals surface area contributed by atoms with Gasteiger partial charge in [-0.3, -0.25) is 0 Å². The van der Waals surface area contributed by atoms with Crippen molar-refractivity contribution in [1.82, 2.24) is 0 Å². The molecule has 2 N–H and O–H groups in total. The lowest BCUT2D eigenvalue weighted by Crippen LogP contribution is -2.42. The summed E-state index contributed by atoms with van der Waals surface area (Å²) in [5, 5.41) is 13.8. The van der Waals surface area contributed by atoms with E-state index in [1.165, 1.54) is 0 Å². The van der Waals surface area contributed by atoms with Crippen molar-refractivity contribution in [2.24, 2.45) is 0 Å². The molecule has 0 aliphatic carbocycles. The van der Waals surface area contributed by atoms with E-state index >= 15 is 0 Å². The predicted octanol–water partition coefficient (Wildman–Crippen LogP) is 2.68. The average Bonchev–Trinajstić information content (AvgIpc) is 2.55. The quantitative estimate of drug-likeness (QED) is 0.873. The van der Waals surface area contributed by atoms with E-state index in [-0.39, 0.29) is 12.1 Å². The molecule has 0 spiro atoms. The lowest BCUT2D eigenvalue weighted by molar-refractivity contribution is 0.132. The molecule has 1 saturated heterocycles. The summed E-state index contributed by atoms with van der Waals surface area (Å²) < 4.78 is 5.44. The number of halogens is 1. The fourth-order valence-electron chi connectivity index (χ4n) is 2.20. The van der Waals surface area contributed by atoms with Crippen LogP contribution in [0, 0.1) is 0 Å². The number of aliphatic hydroxyl groups excluding tert-OH is 1.